The smallest absolute Gasteiger partial charge is 0.258 e. The Kier molecular flexibility index (Phi) is 5.35. The molecule has 1 saturated heterocycles. The van der Waals surface area contributed by atoms with Gasteiger partial charge in [-0.15, -0.1) is 0 Å². The second kappa shape index (κ2) is 8.08. The number of aryl methyl sites for hydroxylation is 1. The molecule has 29 heavy (non-hydrogen) atoms. The normalized spacial score (nSPS) is 19.3. The zero-order valence-electron chi connectivity index (χ0n) is 16.7. The average molecular weight is 393 g/mol. The van der Waals surface area contributed by atoms with E-state index in [0.29, 0.717) is 29.7 Å². The maximum absolute atomic E-state index is 12.5. The number of aromatic nitrogens is 4. The van der Waals surface area contributed by atoms with Crippen LogP contribution in [0.25, 0.3) is 0 Å². The largest absolute Gasteiger partial charge is 0.373 e. The van der Waals surface area contributed by atoms with Gasteiger partial charge in [-0.25, -0.2) is 9.98 Å². The highest BCUT2D eigenvalue weighted by Crippen LogP contribution is 2.37. The second-order valence-corrected chi connectivity index (χ2v) is 7.23. The topological polar surface area (TPSA) is 95.4 Å². The predicted molar refractivity (Wildman–Crippen MR) is 108 cm³/mol. The Morgan fingerprint density at radius 2 is 2.07 bits per heavy atom. The van der Waals surface area contributed by atoms with Crippen molar-refractivity contribution in [1.29, 1.82) is 0 Å². The van der Waals surface area contributed by atoms with Gasteiger partial charge in [-0.05, 0) is 32.8 Å². The van der Waals surface area contributed by atoms with E-state index in [-0.39, 0.29) is 24.1 Å². The molecule has 3 heterocycles. The van der Waals surface area contributed by atoms with Crippen LogP contribution in [0.1, 0.15) is 53.8 Å². The van der Waals surface area contributed by atoms with Crippen LogP contribution in [-0.4, -0.2) is 32.5 Å². The molecule has 1 aromatic carbocycles. The summed E-state index contributed by atoms with van der Waals surface area (Å²) in [5.74, 6) is 1.47. The van der Waals surface area contributed by atoms with Gasteiger partial charge in [-0.1, -0.05) is 35.0 Å². The van der Waals surface area contributed by atoms with E-state index in [2.05, 4.69) is 51.3 Å². The molecule has 0 saturated carbocycles. The Balaban J connectivity index is 1.46. The molecule has 150 valence electrons. The van der Waals surface area contributed by atoms with Gasteiger partial charge in [0.05, 0.1) is 18.3 Å². The third-order valence-corrected chi connectivity index (χ3v) is 5.09. The quantitative estimate of drug-likeness (QED) is 0.618. The zero-order valence-corrected chi connectivity index (χ0v) is 16.7. The van der Waals surface area contributed by atoms with Gasteiger partial charge in [0.1, 0.15) is 12.9 Å². The Bertz CT molecular complexity index is 1080. The maximum atomic E-state index is 12.5. The summed E-state index contributed by atoms with van der Waals surface area (Å²) >= 11 is 0. The molecule has 0 bridgehead atoms. The Labute approximate surface area is 168 Å². The molecule has 4 rings (SSSR count). The van der Waals surface area contributed by atoms with Gasteiger partial charge in [0.25, 0.3) is 5.56 Å². The van der Waals surface area contributed by atoms with Crippen LogP contribution in [0.15, 0.2) is 44.9 Å². The third kappa shape index (κ3) is 4.02. The molecular weight excluding hydrogens is 370 g/mol. The minimum Gasteiger partial charge on any atom is -0.373 e. The third-order valence-electron chi connectivity index (χ3n) is 5.09. The first kappa shape index (κ1) is 19.2. The van der Waals surface area contributed by atoms with Crippen LogP contribution in [0.4, 0.5) is 5.82 Å². The molecule has 3 aromatic rings. The van der Waals surface area contributed by atoms with Gasteiger partial charge in [0, 0.05) is 12.1 Å². The number of rotatable bonds is 5. The van der Waals surface area contributed by atoms with Crippen molar-refractivity contribution in [2.24, 2.45) is 4.99 Å². The van der Waals surface area contributed by atoms with E-state index in [1.165, 1.54) is 16.5 Å². The summed E-state index contributed by atoms with van der Waals surface area (Å²) in [5.41, 5.74) is 2.69. The molecule has 2 aromatic heterocycles. The van der Waals surface area contributed by atoms with Crippen LogP contribution >= 0.6 is 0 Å². The first-order valence-corrected chi connectivity index (χ1v) is 9.60. The fourth-order valence-electron chi connectivity index (χ4n) is 3.41. The zero-order chi connectivity index (χ0) is 20.4. The van der Waals surface area contributed by atoms with Crippen molar-refractivity contribution in [3.63, 3.8) is 0 Å². The number of nitrogens with zero attached hydrogens (tertiary/aromatic N) is 5. The highest BCUT2D eigenvalue weighted by atomic mass is 16.5. The van der Waals surface area contributed by atoms with Gasteiger partial charge < -0.3 is 9.26 Å². The van der Waals surface area contributed by atoms with E-state index in [4.69, 9.17) is 9.26 Å². The van der Waals surface area contributed by atoms with Crippen LogP contribution in [0, 0.1) is 13.8 Å². The summed E-state index contributed by atoms with van der Waals surface area (Å²) in [5, 5.41) is 4.11. The predicted octanol–water partition coefficient (Wildman–Crippen LogP) is 3.26. The first-order chi connectivity index (χ1) is 14.0. The monoisotopic (exact) mass is 393 g/mol. The molecule has 1 aliphatic heterocycles. The number of ether oxygens (including phenoxy) is 1. The lowest BCUT2D eigenvalue weighted by Gasteiger charge is -2.09. The lowest BCUT2D eigenvalue weighted by molar-refractivity contribution is 0.110. The molecule has 0 N–H and O–H groups in total. The molecule has 1 fully saturated rings. The van der Waals surface area contributed by atoms with E-state index >= 15 is 0 Å². The summed E-state index contributed by atoms with van der Waals surface area (Å²) in [7, 11) is 0. The van der Waals surface area contributed by atoms with E-state index in [1.807, 2.05) is 0 Å². The molecule has 2 atom stereocenters. The number of aliphatic imine (C=N–C) groups is 1. The van der Waals surface area contributed by atoms with Gasteiger partial charge in [0.2, 0.25) is 5.89 Å². The fraction of sp³-hybridized carbons (Fsp3) is 0.381. The van der Waals surface area contributed by atoms with Gasteiger partial charge in [0.15, 0.2) is 11.6 Å². The molecule has 8 heteroatoms. The molecule has 0 aliphatic carbocycles. The van der Waals surface area contributed by atoms with Crippen molar-refractivity contribution in [2.75, 3.05) is 6.61 Å². The van der Waals surface area contributed by atoms with Crippen LogP contribution in [0.5, 0.6) is 0 Å². The van der Waals surface area contributed by atoms with Gasteiger partial charge in [-0.3, -0.25) is 9.36 Å². The summed E-state index contributed by atoms with van der Waals surface area (Å²) in [6, 6.07) is 8.36. The van der Waals surface area contributed by atoms with Gasteiger partial charge >= 0.3 is 0 Å². The Morgan fingerprint density at radius 1 is 1.28 bits per heavy atom. The first-order valence-electron chi connectivity index (χ1n) is 9.60. The molecular formula is C21H23N5O3. The SMILES string of the molecule is C/C=N\c1ncn(Cc2nc([C@@H]3CO[C@@H](c4ccc(C)cc4)C3)no2)c(=O)c1C. The molecule has 0 radical (unpaired) electrons. The highest BCUT2D eigenvalue weighted by molar-refractivity contribution is 5.59. The molecule has 0 amide bonds. The van der Waals surface area contributed by atoms with Crippen molar-refractivity contribution < 1.29 is 9.26 Å². The van der Waals surface area contributed by atoms with Crippen LogP contribution in [-0.2, 0) is 11.3 Å². The lowest BCUT2D eigenvalue weighted by Crippen LogP contribution is -2.23. The van der Waals surface area contributed by atoms with E-state index in [0.717, 1.165) is 12.0 Å². The van der Waals surface area contributed by atoms with E-state index in [9.17, 15) is 4.79 Å². The summed E-state index contributed by atoms with van der Waals surface area (Å²) < 4.78 is 12.8. The second-order valence-electron chi connectivity index (χ2n) is 7.23. The van der Waals surface area contributed by atoms with Crippen molar-refractivity contribution in [1.82, 2.24) is 19.7 Å². The van der Waals surface area contributed by atoms with Crippen LogP contribution < -0.4 is 5.56 Å². The number of hydrogen-bond acceptors (Lipinski definition) is 7. The minimum absolute atomic E-state index is 0.0312. The van der Waals surface area contributed by atoms with Crippen molar-refractivity contribution in [3.8, 4) is 0 Å². The number of hydrogen-bond donors (Lipinski definition) is 0. The summed E-state index contributed by atoms with van der Waals surface area (Å²) in [4.78, 5) is 25.3. The highest BCUT2D eigenvalue weighted by Gasteiger charge is 2.31. The Hall–Kier alpha value is -3.13. The average Bonchev–Trinajstić information content (AvgIpc) is 3.38. The molecule has 0 unspecified atom stereocenters. The molecule has 8 nitrogen and oxygen atoms in total. The van der Waals surface area contributed by atoms with Crippen LogP contribution in [0.2, 0.25) is 0 Å². The minimum atomic E-state index is -0.177. The molecule has 0 spiro atoms. The fourth-order valence-corrected chi connectivity index (χ4v) is 3.41. The lowest BCUT2D eigenvalue weighted by atomic mass is 9.99. The molecule has 1 aliphatic rings. The van der Waals surface area contributed by atoms with Crippen LogP contribution in [0.3, 0.4) is 0 Å². The van der Waals surface area contributed by atoms with Crippen molar-refractivity contribution in [3.05, 3.63) is 69.4 Å². The van der Waals surface area contributed by atoms with Crippen molar-refractivity contribution >= 4 is 12.0 Å². The maximum Gasteiger partial charge on any atom is 0.258 e. The Morgan fingerprint density at radius 3 is 2.83 bits per heavy atom. The summed E-state index contributed by atoms with van der Waals surface area (Å²) in [6.45, 7) is 6.26. The number of benzene rings is 1. The van der Waals surface area contributed by atoms with E-state index < -0.39 is 0 Å². The van der Waals surface area contributed by atoms with E-state index in [1.54, 1.807) is 20.1 Å². The summed E-state index contributed by atoms with van der Waals surface area (Å²) in [6.07, 6.45) is 3.89. The van der Waals surface area contributed by atoms with Gasteiger partial charge in [-0.2, -0.15) is 4.98 Å². The standard InChI is InChI=1S/C21H23N5O3/c1-4-22-19-14(3)21(27)26(12-23-19)10-18-24-20(25-29-18)16-9-17(28-11-16)15-7-5-13(2)6-8-15/h4-8,12,16-17H,9-11H2,1-3H3/b22-4-/t16-,17+/m0/s1. The van der Waals surface area contributed by atoms with Crippen molar-refractivity contribution in [2.45, 2.75) is 45.8 Å².